The first-order chi connectivity index (χ1) is 17.8. The maximum absolute atomic E-state index is 13.8. The number of carbonyl (C=O) groups excluding carboxylic acids is 1. The molecule has 0 bridgehead atoms. The van der Waals surface area contributed by atoms with Crippen LogP contribution in [-0.2, 0) is 27.7 Å². The van der Waals surface area contributed by atoms with Crippen LogP contribution in [0.1, 0.15) is 55.8 Å². The van der Waals surface area contributed by atoms with E-state index in [0.29, 0.717) is 29.5 Å². The maximum Gasteiger partial charge on any atom is 0.264 e. The van der Waals surface area contributed by atoms with Crippen LogP contribution in [0.15, 0.2) is 71.6 Å². The molecule has 4 rings (SSSR count). The van der Waals surface area contributed by atoms with Gasteiger partial charge in [0.05, 0.1) is 23.2 Å². The highest BCUT2D eigenvalue weighted by Crippen LogP contribution is 2.33. The van der Waals surface area contributed by atoms with Crippen LogP contribution in [0.5, 0.6) is 5.75 Å². The topological polar surface area (TPSA) is 75.7 Å². The smallest absolute Gasteiger partial charge is 0.264 e. The van der Waals surface area contributed by atoms with Crippen LogP contribution < -0.4 is 14.4 Å². The summed E-state index contributed by atoms with van der Waals surface area (Å²) in [5.41, 5.74) is 4.06. The van der Waals surface area contributed by atoms with Crippen LogP contribution in [0, 0.1) is 0 Å². The fourth-order valence-electron chi connectivity index (χ4n) is 4.74. The van der Waals surface area contributed by atoms with Crippen LogP contribution in [0.2, 0.25) is 5.02 Å². The minimum Gasteiger partial charge on any atom is -0.492 e. The predicted octanol–water partition coefficient (Wildman–Crippen LogP) is 6.08. The van der Waals surface area contributed by atoms with Crippen molar-refractivity contribution >= 4 is 33.2 Å². The van der Waals surface area contributed by atoms with Crippen LogP contribution in [0.25, 0.3) is 0 Å². The highest BCUT2D eigenvalue weighted by Gasteiger charge is 2.30. The average Bonchev–Trinajstić information content (AvgIpc) is 2.91. The van der Waals surface area contributed by atoms with Gasteiger partial charge in [0.25, 0.3) is 10.0 Å². The molecule has 3 aromatic rings. The van der Waals surface area contributed by atoms with E-state index in [1.165, 1.54) is 48.2 Å². The van der Waals surface area contributed by atoms with Crippen molar-refractivity contribution in [3.63, 3.8) is 0 Å². The Hall–Kier alpha value is -3.03. The lowest BCUT2D eigenvalue weighted by Crippen LogP contribution is -2.42. The van der Waals surface area contributed by atoms with Crippen LogP contribution >= 0.6 is 11.6 Å². The number of amides is 1. The molecule has 37 heavy (non-hydrogen) atoms. The molecule has 0 aromatic heterocycles. The van der Waals surface area contributed by atoms with Gasteiger partial charge in [-0.2, -0.15) is 0 Å². The van der Waals surface area contributed by atoms with Crippen molar-refractivity contribution in [2.24, 2.45) is 0 Å². The van der Waals surface area contributed by atoms with Gasteiger partial charge in [0.15, 0.2) is 0 Å². The van der Waals surface area contributed by atoms with Crippen molar-refractivity contribution in [1.29, 1.82) is 0 Å². The number of ether oxygens (including phenoxy) is 1. The van der Waals surface area contributed by atoms with Crippen molar-refractivity contribution in [3.8, 4) is 5.75 Å². The van der Waals surface area contributed by atoms with Crippen LogP contribution in [0.3, 0.4) is 0 Å². The van der Waals surface area contributed by atoms with Gasteiger partial charge >= 0.3 is 0 Å². The first-order valence-corrected chi connectivity index (χ1v) is 14.6. The third-order valence-corrected chi connectivity index (χ3v) is 8.67. The van der Waals surface area contributed by atoms with Gasteiger partial charge in [-0.25, -0.2) is 8.42 Å². The van der Waals surface area contributed by atoms with E-state index in [2.05, 4.69) is 23.5 Å². The summed E-state index contributed by atoms with van der Waals surface area (Å²) in [5.74, 6) is -0.00882. The number of para-hydroxylation sites is 2. The van der Waals surface area contributed by atoms with E-state index in [9.17, 15) is 13.2 Å². The molecule has 196 valence electrons. The van der Waals surface area contributed by atoms with Gasteiger partial charge in [0.1, 0.15) is 12.3 Å². The number of anilines is 1. The number of sulfonamides is 1. The molecule has 0 fully saturated rings. The molecule has 0 unspecified atom stereocenters. The monoisotopic (exact) mass is 540 g/mol. The van der Waals surface area contributed by atoms with Gasteiger partial charge in [0, 0.05) is 5.02 Å². The SMILES string of the molecule is CCOc1ccccc1N(CC(=O)N[C@@H](CC)c1ccc2c(c1)CCCC2)S(=O)(=O)c1ccc(Cl)cc1. The molecule has 1 aliphatic carbocycles. The number of nitrogens with one attached hydrogen (secondary N) is 1. The average molecular weight is 541 g/mol. The zero-order chi connectivity index (χ0) is 26.4. The Morgan fingerprint density at radius 1 is 1.00 bits per heavy atom. The highest BCUT2D eigenvalue weighted by molar-refractivity contribution is 7.92. The number of hydrogen-bond acceptors (Lipinski definition) is 4. The van der Waals surface area contributed by atoms with Gasteiger partial charge in [-0.15, -0.1) is 0 Å². The lowest BCUT2D eigenvalue weighted by molar-refractivity contribution is -0.120. The molecule has 8 heteroatoms. The molecule has 6 nitrogen and oxygen atoms in total. The van der Waals surface area contributed by atoms with Gasteiger partial charge in [-0.05, 0) is 92.1 Å². The Balaban J connectivity index is 1.64. The van der Waals surface area contributed by atoms with E-state index in [1.807, 2.05) is 13.8 Å². The molecule has 1 aliphatic rings. The van der Waals surface area contributed by atoms with E-state index in [1.54, 1.807) is 24.3 Å². The summed E-state index contributed by atoms with van der Waals surface area (Å²) in [7, 11) is -4.09. The number of hydrogen-bond donors (Lipinski definition) is 1. The van der Waals surface area contributed by atoms with Gasteiger partial charge in [-0.1, -0.05) is 48.9 Å². The maximum atomic E-state index is 13.8. The minimum atomic E-state index is -4.09. The lowest BCUT2D eigenvalue weighted by atomic mass is 9.89. The molecule has 0 saturated carbocycles. The number of carbonyl (C=O) groups is 1. The number of aryl methyl sites for hydroxylation is 2. The van der Waals surface area contributed by atoms with Crippen molar-refractivity contribution in [3.05, 3.63) is 88.4 Å². The molecule has 3 aromatic carbocycles. The molecule has 0 radical (unpaired) electrons. The van der Waals surface area contributed by atoms with Gasteiger partial charge in [-0.3, -0.25) is 9.10 Å². The Labute approximate surface area is 224 Å². The first-order valence-electron chi connectivity index (χ1n) is 12.7. The van der Waals surface area contributed by atoms with E-state index in [4.69, 9.17) is 16.3 Å². The van der Waals surface area contributed by atoms with Crippen LogP contribution in [0.4, 0.5) is 5.69 Å². The summed E-state index contributed by atoms with van der Waals surface area (Å²) < 4.78 is 34.4. The number of fused-ring (bicyclic) bond motifs is 1. The Kier molecular flexibility index (Phi) is 8.77. The Morgan fingerprint density at radius 3 is 2.41 bits per heavy atom. The molecule has 0 aliphatic heterocycles. The summed E-state index contributed by atoms with van der Waals surface area (Å²) in [6.45, 7) is 3.80. The minimum absolute atomic E-state index is 0.0396. The standard InChI is InChI=1S/C29H33ClN2O4S/c1-3-26(23-14-13-21-9-5-6-10-22(21)19-23)31-29(33)20-32(27-11-7-8-12-28(27)36-4-2)37(34,35)25-17-15-24(30)16-18-25/h7-8,11-19,26H,3-6,9-10,20H2,1-2H3,(H,31,33)/t26-/m0/s1. The van der Waals surface area contributed by atoms with Crippen LogP contribution in [-0.4, -0.2) is 27.5 Å². The van der Waals surface area contributed by atoms with Gasteiger partial charge in [0.2, 0.25) is 5.91 Å². The summed E-state index contributed by atoms with van der Waals surface area (Å²) >= 11 is 5.99. The van der Waals surface area contributed by atoms with Crippen molar-refractivity contribution < 1.29 is 17.9 Å². The molecule has 0 heterocycles. The molecule has 1 atom stereocenters. The zero-order valence-corrected chi connectivity index (χ0v) is 22.8. The number of nitrogens with zero attached hydrogens (tertiary/aromatic N) is 1. The largest absolute Gasteiger partial charge is 0.492 e. The van der Waals surface area contributed by atoms with Crippen molar-refractivity contribution in [1.82, 2.24) is 5.32 Å². The molecule has 1 amide bonds. The van der Waals surface area contributed by atoms with Crippen molar-refractivity contribution in [2.45, 2.75) is 56.9 Å². The van der Waals surface area contributed by atoms with Crippen molar-refractivity contribution in [2.75, 3.05) is 17.5 Å². The number of benzene rings is 3. The second-order valence-corrected chi connectivity index (χ2v) is 11.4. The fourth-order valence-corrected chi connectivity index (χ4v) is 6.29. The summed E-state index contributed by atoms with van der Waals surface area (Å²) in [6, 6.07) is 19.0. The lowest BCUT2D eigenvalue weighted by Gasteiger charge is -2.27. The number of rotatable bonds is 10. The third-order valence-electron chi connectivity index (χ3n) is 6.64. The quantitative estimate of drug-likeness (QED) is 0.338. The third kappa shape index (κ3) is 6.28. The Bertz CT molecular complexity index is 1340. The fraction of sp³-hybridized carbons (Fsp3) is 0.345. The van der Waals surface area contributed by atoms with E-state index >= 15 is 0 Å². The second kappa shape index (κ2) is 12.0. The second-order valence-electron chi connectivity index (χ2n) is 9.13. The summed E-state index contributed by atoms with van der Waals surface area (Å²) in [6.07, 6.45) is 5.21. The summed E-state index contributed by atoms with van der Waals surface area (Å²) in [5, 5.41) is 3.49. The molecule has 0 spiro atoms. The van der Waals surface area contributed by atoms with E-state index < -0.39 is 22.5 Å². The molecule has 0 saturated heterocycles. The van der Waals surface area contributed by atoms with E-state index in [-0.39, 0.29) is 10.9 Å². The summed E-state index contributed by atoms with van der Waals surface area (Å²) in [4.78, 5) is 13.4. The first kappa shape index (κ1) is 27.0. The normalized spacial score (nSPS) is 13.9. The Morgan fingerprint density at radius 2 is 1.70 bits per heavy atom. The number of halogens is 1. The zero-order valence-electron chi connectivity index (χ0n) is 21.2. The highest BCUT2D eigenvalue weighted by atomic mass is 35.5. The predicted molar refractivity (Wildman–Crippen MR) is 148 cm³/mol. The molecular weight excluding hydrogens is 508 g/mol. The molecule has 1 N–H and O–H groups in total. The molecular formula is C29H33ClN2O4S. The van der Waals surface area contributed by atoms with E-state index in [0.717, 1.165) is 22.7 Å². The van der Waals surface area contributed by atoms with Gasteiger partial charge < -0.3 is 10.1 Å².